The van der Waals surface area contributed by atoms with Crippen LogP contribution in [0.2, 0.25) is 5.02 Å². The number of amides is 1. The summed E-state index contributed by atoms with van der Waals surface area (Å²) in [7, 11) is 0. The fourth-order valence-corrected chi connectivity index (χ4v) is 3.75. The molecule has 0 aliphatic heterocycles. The van der Waals surface area contributed by atoms with Crippen LogP contribution >= 0.6 is 11.6 Å². The number of benzene rings is 1. The Hall–Kier alpha value is -2.60. The summed E-state index contributed by atoms with van der Waals surface area (Å²) in [5.41, 5.74) is 2.15. The molecule has 1 amide bonds. The van der Waals surface area contributed by atoms with Gasteiger partial charge in [0, 0.05) is 17.8 Å². The van der Waals surface area contributed by atoms with E-state index in [1.165, 1.54) is 0 Å². The van der Waals surface area contributed by atoms with Crippen LogP contribution in [0.15, 0.2) is 24.3 Å². The van der Waals surface area contributed by atoms with Crippen LogP contribution in [0.25, 0.3) is 0 Å². The molecule has 1 aromatic heterocycles. The zero-order valence-electron chi connectivity index (χ0n) is 19.0. The highest BCUT2D eigenvalue weighted by Gasteiger charge is 2.32. The second kappa shape index (κ2) is 10.6. The molecule has 0 aliphatic carbocycles. The Labute approximate surface area is 188 Å². The second-order valence-corrected chi connectivity index (χ2v) is 8.45. The van der Waals surface area contributed by atoms with Crippen LogP contribution in [0.3, 0.4) is 0 Å². The topological polar surface area (TPSA) is 79.5 Å². The number of aryl methyl sites for hydroxylation is 1. The third-order valence-corrected chi connectivity index (χ3v) is 5.65. The molecule has 0 bridgehead atoms. The molecule has 1 N–H and O–H groups in total. The van der Waals surface area contributed by atoms with Gasteiger partial charge in [0.1, 0.15) is 5.69 Å². The predicted octanol–water partition coefficient (Wildman–Crippen LogP) is 5.22. The van der Waals surface area contributed by atoms with Gasteiger partial charge in [-0.25, -0.2) is 4.79 Å². The van der Waals surface area contributed by atoms with Gasteiger partial charge in [0.15, 0.2) is 5.78 Å². The first-order valence-corrected chi connectivity index (χ1v) is 10.9. The molecule has 0 saturated heterocycles. The number of Topliss-reactive ketones (excluding diaryl/α,β-unsaturated/α-hetero) is 1. The number of aromatic amines is 1. The molecule has 0 radical (unpaired) electrons. The van der Waals surface area contributed by atoms with Crippen LogP contribution in [-0.4, -0.2) is 46.7 Å². The number of nitrogens with one attached hydrogen (secondary N) is 1. The highest BCUT2D eigenvalue weighted by molar-refractivity contribution is 6.33. The predicted molar refractivity (Wildman–Crippen MR) is 122 cm³/mol. The molecule has 168 valence electrons. The number of rotatable bonds is 9. The van der Waals surface area contributed by atoms with Gasteiger partial charge >= 0.3 is 5.97 Å². The Kier molecular flexibility index (Phi) is 8.45. The summed E-state index contributed by atoms with van der Waals surface area (Å²) in [6, 6.07) is 6.10. The van der Waals surface area contributed by atoms with Crippen LogP contribution in [-0.2, 0) is 4.74 Å². The van der Waals surface area contributed by atoms with E-state index in [9.17, 15) is 14.4 Å². The molecule has 7 heteroatoms. The van der Waals surface area contributed by atoms with Gasteiger partial charge in [-0.15, -0.1) is 0 Å². The third kappa shape index (κ3) is 5.56. The van der Waals surface area contributed by atoms with Crippen molar-refractivity contribution in [2.45, 2.75) is 54.0 Å². The Morgan fingerprint density at radius 3 is 2.35 bits per heavy atom. The Bertz CT molecular complexity index is 964. The van der Waals surface area contributed by atoms with E-state index in [1.54, 1.807) is 56.9 Å². The summed E-state index contributed by atoms with van der Waals surface area (Å²) in [6.45, 7) is 11.7. The number of aromatic nitrogens is 1. The quantitative estimate of drug-likeness (QED) is 0.423. The highest BCUT2D eigenvalue weighted by atomic mass is 35.5. The molecule has 1 atom stereocenters. The molecule has 31 heavy (non-hydrogen) atoms. The number of H-pyrrole nitrogens is 1. The average molecular weight is 447 g/mol. The molecule has 0 spiro atoms. The summed E-state index contributed by atoms with van der Waals surface area (Å²) in [6.07, 6.45) is 0.743. The zero-order chi connectivity index (χ0) is 23.3. The van der Waals surface area contributed by atoms with E-state index in [0.29, 0.717) is 39.9 Å². The number of hydrogen-bond donors (Lipinski definition) is 1. The minimum Gasteiger partial charge on any atom is -0.461 e. The van der Waals surface area contributed by atoms with E-state index in [2.05, 4.69) is 18.8 Å². The lowest BCUT2D eigenvalue weighted by molar-refractivity contribution is 0.0518. The zero-order valence-corrected chi connectivity index (χ0v) is 19.8. The van der Waals surface area contributed by atoms with E-state index in [0.717, 1.165) is 6.42 Å². The van der Waals surface area contributed by atoms with Crippen molar-refractivity contribution in [3.63, 3.8) is 0 Å². The van der Waals surface area contributed by atoms with Crippen molar-refractivity contribution in [2.75, 3.05) is 13.2 Å². The standard InChI is InChI=1S/C24H31ClN2O4/c1-7-31-24(30)21-15(4)20(16(5)26-21)22(28)17(6)27(13-12-14(2)3)23(29)18-10-8-9-11-19(18)25/h8-11,14,17,26H,7,12-13H2,1-6H3. The van der Waals surface area contributed by atoms with Crippen molar-refractivity contribution < 1.29 is 19.1 Å². The lowest BCUT2D eigenvalue weighted by atomic mass is 9.98. The monoisotopic (exact) mass is 446 g/mol. The molecular formula is C24H31ClN2O4. The summed E-state index contributed by atoms with van der Waals surface area (Å²) in [4.78, 5) is 43.6. The van der Waals surface area contributed by atoms with Gasteiger partial charge < -0.3 is 14.6 Å². The highest BCUT2D eigenvalue weighted by Crippen LogP contribution is 2.25. The van der Waals surface area contributed by atoms with Gasteiger partial charge in [0.2, 0.25) is 0 Å². The number of nitrogens with zero attached hydrogens (tertiary/aromatic N) is 1. The van der Waals surface area contributed by atoms with Gasteiger partial charge in [-0.2, -0.15) is 0 Å². The van der Waals surface area contributed by atoms with Crippen molar-refractivity contribution in [1.82, 2.24) is 9.88 Å². The molecule has 1 heterocycles. The molecule has 0 saturated carbocycles. The van der Waals surface area contributed by atoms with E-state index in [4.69, 9.17) is 16.3 Å². The van der Waals surface area contributed by atoms with Crippen LogP contribution in [0.1, 0.15) is 76.6 Å². The van der Waals surface area contributed by atoms with E-state index in [-0.39, 0.29) is 24.0 Å². The average Bonchev–Trinajstić information content (AvgIpc) is 3.01. The Morgan fingerprint density at radius 2 is 1.77 bits per heavy atom. The normalized spacial score (nSPS) is 12.0. The van der Waals surface area contributed by atoms with Crippen molar-refractivity contribution >= 4 is 29.3 Å². The fraction of sp³-hybridized carbons (Fsp3) is 0.458. The molecular weight excluding hydrogens is 416 g/mol. The van der Waals surface area contributed by atoms with Crippen molar-refractivity contribution in [2.24, 2.45) is 5.92 Å². The second-order valence-electron chi connectivity index (χ2n) is 8.05. The minimum atomic E-state index is -0.731. The van der Waals surface area contributed by atoms with Crippen molar-refractivity contribution in [1.29, 1.82) is 0 Å². The Balaban J connectivity index is 2.42. The number of ketones is 1. The molecule has 0 fully saturated rings. The maximum absolute atomic E-state index is 13.5. The van der Waals surface area contributed by atoms with Crippen LogP contribution in [0.4, 0.5) is 0 Å². The van der Waals surface area contributed by atoms with E-state index >= 15 is 0 Å². The molecule has 2 rings (SSSR count). The number of ether oxygens (including phenoxy) is 1. The number of carbonyl (C=O) groups excluding carboxylic acids is 3. The smallest absolute Gasteiger partial charge is 0.355 e. The number of carbonyl (C=O) groups is 3. The first kappa shape index (κ1) is 24.7. The van der Waals surface area contributed by atoms with Crippen LogP contribution in [0.5, 0.6) is 0 Å². The number of halogens is 1. The largest absolute Gasteiger partial charge is 0.461 e. The van der Waals surface area contributed by atoms with Gasteiger partial charge in [0.05, 0.1) is 23.2 Å². The lowest BCUT2D eigenvalue weighted by Crippen LogP contribution is -2.44. The first-order chi connectivity index (χ1) is 14.6. The molecule has 0 aliphatic rings. The minimum absolute atomic E-state index is 0.231. The summed E-state index contributed by atoms with van der Waals surface area (Å²) in [5, 5.41) is 0.347. The van der Waals surface area contributed by atoms with Gasteiger partial charge in [-0.1, -0.05) is 37.6 Å². The van der Waals surface area contributed by atoms with E-state index < -0.39 is 12.0 Å². The van der Waals surface area contributed by atoms with Crippen molar-refractivity contribution in [3.05, 3.63) is 57.4 Å². The van der Waals surface area contributed by atoms with Crippen LogP contribution in [0, 0.1) is 19.8 Å². The lowest BCUT2D eigenvalue weighted by Gasteiger charge is -2.29. The van der Waals surface area contributed by atoms with Crippen LogP contribution < -0.4 is 0 Å². The maximum atomic E-state index is 13.5. The van der Waals surface area contributed by atoms with Gasteiger partial charge in [-0.05, 0) is 57.7 Å². The molecule has 2 aromatic rings. The molecule has 1 aromatic carbocycles. The third-order valence-electron chi connectivity index (χ3n) is 5.32. The Morgan fingerprint density at radius 1 is 1.13 bits per heavy atom. The first-order valence-electron chi connectivity index (χ1n) is 10.6. The number of hydrogen-bond acceptors (Lipinski definition) is 4. The van der Waals surface area contributed by atoms with Gasteiger partial charge in [0.25, 0.3) is 5.91 Å². The van der Waals surface area contributed by atoms with Gasteiger partial charge in [-0.3, -0.25) is 9.59 Å². The SMILES string of the molecule is CCOC(=O)c1[nH]c(C)c(C(=O)C(C)N(CCC(C)C)C(=O)c2ccccc2Cl)c1C. The van der Waals surface area contributed by atoms with Crippen molar-refractivity contribution in [3.8, 4) is 0 Å². The summed E-state index contributed by atoms with van der Waals surface area (Å²) >= 11 is 6.26. The molecule has 1 unspecified atom stereocenters. The molecule has 6 nitrogen and oxygen atoms in total. The summed E-state index contributed by atoms with van der Waals surface area (Å²) in [5.74, 6) is -0.664. The fourth-order valence-electron chi connectivity index (χ4n) is 3.54. The number of esters is 1. The summed E-state index contributed by atoms with van der Waals surface area (Å²) < 4.78 is 5.08. The van der Waals surface area contributed by atoms with E-state index in [1.807, 2.05) is 0 Å². The maximum Gasteiger partial charge on any atom is 0.355 e.